The molecule has 0 amide bonds. The smallest absolute Gasteiger partial charge is 0.0711 e. The summed E-state index contributed by atoms with van der Waals surface area (Å²) in [5.74, 6) is 2.25. The molecule has 31 heavy (non-hydrogen) atoms. The molecule has 5 atom stereocenters. The maximum atomic E-state index is 4.58. The molecule has 0 aromatic carbocycles. The quantitative estimate of drug-likeness (QED) is 0.390. The second-order valence-corrected chi connectivity index (χ2v) is 11.5. The van der Waals surface area contributed by atoms with Crippen LogP contribution in [0, 0.1) is 23.2 Å². The van der Waals surface area contributed by atoms with Crippen molar-refractivity contribution in [2.75, 3.05) is 6.54 Å². The van der Waals surface area contributed by atoms with Crippen LogP contribution in [-0.2, 0) is 0 Å². The Morgan fingerprint density at radius 3 is 2.16 bits per heavy atom. The number of nitrogens with one attached hydrogen (secondary N) is 2. The fourth-order valence-electron chi connectivity index (χ4n) is 5.38. The van der Waals surface area contributed by atoms with Crippen LogP contribution in [0.3, 0.4) is 0 Å². The Kier molecular flexibility index (Phi) is 6.84. The van der Waals surface area contributed by atoms with Gasteiger partial charge in [0.2, 0.25) is 0 Å². The molecule has 172 valence electrons. The van der Waals surface area contributed by atoms with Gasteiger partial charge in [-0.3, -0.25) is 0 Å². The fraction of sp³-hybridized carbons (Fsp3) is 0.643. The molecule has 1 saturated heterocycles. The van der Waals surface area contributed by atoms with Crippen LogP contribution in [0.25, 0.3) is 0 Å². The van der Waals surface area contributed by atoms with Crippen molar-refractivity contribution in [3.05, 3.63) is 61.1 Å². The average Bonchev–Trinajstić information content (AvgIpc) is 3.28. The number of nitrogens with zero attached hydrogens (tertiary/aromatic N) is 1. The molecule has 3 nitrogen and oxygen atoms in total. The second kappa shape index (κ2) is 8.92. The first-order valence-corrected chi connectivity index (χ1v) is 12.1. The number of fused-ring (bicyclic) bond motifs is 1. The first kappa shape index (κ1) is 23.8. The average molecular weight is 424 g/mol. The van der Waals surface area contributed by atoms with E-state index < -0.39 is 0 Å². The molecule has 2 saturated carbocycles. The number of likely N-dealkylation sites (tertiary alicyclic amines) is 1. The Hall–Kier alpha value is -1.90. The third-order valence-corrected chi connectivity index (χ3v) is 7.59. The summed E-state index contributed by atoms with van der Waals surface area (Å²) in [7, 11) is 0. The van der Waals surface area contributed by atoms with Crippen LogP contribution in [0.15, 0.2) is 61.1 Å². The highest BCUT2D eigenvalue weighted by molar-refractivity contribution is 5.32. The van der Waals surface area contributed by atoms with Gasteiger partial charge in [0.05, 0.1) is 18.1 Å². The van der Waals surface area contributed by atoms with E-state index in [1.54, 1.807) is 0 Å². The Labute approximate surface area is 191 Å². The van der Waals surface area contributed by atoms with Crippen molar-refractivity contribution in [2.45, 2.75) is 84.8 Å². The lowest BCUT2D eigenvalue weighted by molar-refractivity contribution is 0.217. The standard InChI is InChI=1S/C28H45N3/c1-17(2)19(5)25(14-22-12-11-13-22)30-20(6)26-24-15-23(24)16-31(26)21(7)27(28(8,9)10)29-18(3)4/h22-27,29-30H,1,3,5-7,11-16H2,2,4,8-10H3/t23-,24-,25?,26?,27?/m0/s1. The summed E-state index contributed by atoms with van der Waals surface area (Å²) in [6.45, 7) is 33.7. The first-order chi connectivity index (χ1) is 14.4. The van der Waals surface area contributed by atoms with Gasteiger partial charge >= 0.3 is 0 Å². The minimum absolute atomic E-state index is 0.0448. The van der Waals surface area contributed by atoms with E-state index in [-0.39, 0.29) is 17.5 Å². The van der Waals surface area contributed by atoms with Gasteiger partial charge < -0.3 is 15.5 Å². The molecule has 1 heterocycles. The molecular weight excluding hydrogens is 378 g/mol. The maximum Gasteiger partial charge on any atom is 0.0711 e. The van der Waals surface area contributed by atoms with E-state index in [9.17, 15) is 0 Å². The largest absolute Gasteiger partial charge is 0.380 e. The topological polar surface area (TPSA) is 27.3 Å². The molecule has 0 radical (unpaired) electrons. The van der Waals surface area contributed by atoms with Crippen LogP contribution in [0.1, 0.15) is 66.7 Å². The predicted octanol–water partition coefficient (Wildman–Crippen LogP) is 6.15. The molecule has 3 heteroatoms. The molecule has 2 aliphatic carbocycles. The van der Waals surface area contributed by atoms with Gasteiger partial charge in [-0.2, -0.15) is 0 Å². The van der Waals surface area contributed by atoms with Crippen LogP contribution in [-0.4, -0.2) is 29.6 Å². The number of hydrogen-bond donors (Lipinski definition) is 2. The first-order valence-electron chi connectivity index (χ1n) is 12.1. The number of allylic oxidation sites excluding steroid dienone is 1. The molecule has 0 aromatic heterocycles. The monoisotopic (exact) mass is 423 g/mol. The van der Waals surface area contributed by atoms with Crippen LogP contribution >= 0.6 is 0 Å². The highest BCUT2D eigenvalue weighted by Gasteiger charge is 2.55. The van der Waals surface area contributed by atoms with E-state index in [1.807, 2.05) is 6.92 Å². The van der Waals surface area contributed by atoms with E-state index in [2.05, 4.69) is 76.1 Å². The Morgan fingerprint density at radius 1 is 1.03 bits per heavy atom. The van der Waals surface area contributed by atoms with Gasteiger partial charge in [0.25, 0.3) is 0 Å². The van der Waals surface area contributed by atoms with Crippen LogP contribution in [0.4, 0.5) is 0 Å². The minimum Gasteiger partial charge on any atom is -0.380 e. The van der Waals surface area contributed by atoms with Crippen LogP contribution in [0.2, 0.25) is 0 Å². The number of rotatable bonds is 11. The van der Waals surface area contributed by atoms with Crippen LogP contribution < -0.4 is 10.6 Å². The van der Waals surface area contributed by atoms with Crippen molar-refractivity contribution in [3.63, 3.8) is 0 Å². The summed E-state index contributed by atoms with van der Waals surface area (Å²) in [6, 6.07) is 0.681. The highest BCUT2D eigenvalue weighted by Crippen LogP contribution is 2.53. The Bertz CT molecular complexity index is 764. The lowest BCUT2D eigenvalue weighted by Crippen LogP contribution is -2.49. The van der Waals surface area contributed by atoms with Gasteiger partial charge in [0, 0.05) is 23.6 Å². The second-order valence-electron chi connectivity index (χ2n) is 11.5. The lowest BCUT2D eigenvalue weighted by atomic mass is 9.79. The molecule has 0 bridgehead atoms. The summed E-state index contributed by atoms with van der Waals surface area (Å²) >= 11 is 0. The third kappa shape index (κ3) is 5.30. The molecule has 0 aromatic rings. The SMILES string of the molecule is C=C(C)NC(C(=C)N1C[C@@H]2C[C@@H]2C1C(=C)NC(CC1CCC1)C(=C)C(=C)C)C(C)(C)C. The number of hydrogen-bond acceptors (Lipinski definition) is 3. The molecule has 3 aliphatic rings. The van der Waals surface area contributed by atoms with Gasteiger partial charge in [-0.1, -0.05) is 78.5 Å². The zero-order chi connectivity index (χ0) is 23.1. The normalized spacial score (nSPS) is 26.9. The zero-order valence-electron chi connectivity index (χ0n) is 20.7. The minimum atomic E-state index is 0.0448. The van der Waals surface area contributed by atoms with E-state index in [0.717, 1.165) is 53.0 Å². The molecule has 0 spiro atoms. The summed E-state index contributed by atoms with van der Waals surface area (Å²) in [6.07, 6.45) is 6.48. The zero-order valence-corrected chi connectivity index (χ0v) is 20.7. The Morgan fingerprint density at radius 2 is 1.68 bits per heavy atom. The van der Waals surface area contributed by atoms with E-state index in [1.165, 1.54) is 25.7 Å². The maximum absolute atomic E-state index is 4.58. The predicted molar refractivity (Wildman–Crippen MR) is 134 cm³/mol. The van der Waals surface area contributed by atoms with Crippen molar-refractivity contribution in [1.29, 1.82) is 0 Å². The van der Waals surface area contributed by atoms with E-state index in [0.29, 0.717) is 12.0 Å². The Balaban J connectivity index is 1.76. The van der Waals surface area contributed by atoms with E-state index >= 15 is 0 Å². The van der Waals surface area contributed by atoms with Gasteiger partial charge in [0.15, 0.2) is 0 Å². The van der Waals surface area contributed by atoms with E-state index in [4.69, 9.17) is 0 Å². The molecular formula is C28H45N3. The van der Waals surface area contributed by atoms with Crippen molar-refractivity contribution in [2.24, 2.45) is 23.2 Å². The molecule has 2 N–H and O–H groups in total. The van der Waals surface area contributed by atoms with Gasteiger partial charge in [-0.05, 0) is 55.4 Å². The van der Waals surface area contributed by atoms with Crippen molar-refractivity contribution in [1.82, 2.24) is 15.5 Å². The van der Waals surface area contributed by atoms with Gasteiger partial charge in [-0.15, -0.1) is 0 Å². The number of piperidine rings is 1. The molecule has 3 fully saturated rings. The van der Waals surface area contributed by atoms with Crippen molar-refractivity contribution < 1.29 is 0 Å². The third-order valence-electron chi connectivity index (χ3n) is 7.59. The van der Waals surface area contributed by atoms with Crippen molar-refractivity contribution in [3.8, 4) is 0 Å². The van der Waals surface area contributed by atoms with Gasteiger partial charge in [0.1, 0.15) is 0 Å². The molecule has 3 rings (SSSR count). The highest BCUT2D eigenvalue weighted by atomic mass is 15.3. The fourth-order valence-corrected chi connectivity index (χ4v) is 5.38. The summed E-state index contributed by atoms with van der Waals surface area (Å²) < 4.78 is 0. The summed E-state index contributed by atoms with van der Waals surface area (Å²) in [5.41, 5.74) is 5.51. The van der Waals surface area contributed by atoms with Crippen LogP contribution in [0.5, 0.6) is 0 Å². The van der Waals surface area contributed by atoms with Gasteiger partial charge in [-0.25, -0.2) is 0 Å². The molecule has 3 unspecified atom stereocenters. The lowest BCUT2D eigenvalue weighted by Gasteiger charge is -2.42. The van der Waals surface area contributed by atoms with Crippen molar-refractivity contribution >= 4 is 0 Å². The summed E-state index contributed by atoms with van der Waals surface area (Å²) in [5, 5.41) is 7.41. The summed E-state index contributed by atoms with van der Waals surface area (Å²) in [4.78, 5) is 2.52. The molecule has 1 aliphatic heterocycles.